The highest BCUT2D eigenvalue weighted by molar-refractivity contribution is 5.48. The van der Waals surface area contributed by atoms with Gasteiger partial charge in [-0.15, -0.1) is 0 Å². The average Bonchev–Trinajstić information content (AvgIpc) is 3.03. The van der Waals surface area contributed by atoms with Gasteiger partial charge in [0.25, 0.3) is 0 Å². The smallest absolute Gasteiger partial charge is 0.117 e. The molecular formula is C14H20N4. The average molecular weight is 244 g/mol. The van der Waals surface area contributed by atoms with E-state index in [1.807, 2.05) is 6.20 Å². The summed E-state index contributed by atoms with van der Waals surface area (Å²) in [7, 11) is 0. The Morgan fingerprint density at radius 3 is 3.06 bits per heavy atom. The van der Waals surface area contributed by atoms with Gasteiger partial charge in [-0.3, -0.25) is 4.40 Å². The number of aromatic nitrogens is 2. The number of imidazole rings is 1. The molecule has 18 heavy (non-hydrogen) atoms. The highest BCUT2D eigenvalue weighted by atomic mass is 15.2. The molecule has 96 valence electrons. The van der Waals surface area contributed by atoms with Crippen LogP contribution in [0, 0.1) is 0 Å². The zero-order chi connectivity index (χ0) is 12.5. The number of likely N-dealkylation sites (N-methyl/N-ethyl adjacent to an activating group) is 1. The lowest BCUT2D eigenvalue weighted by Gasteiger charge is -2.14. The van der Waals surface area contributed by atoms with E-state index in [0.29, 0.717) is 12.5 Å². The van der Waals surface area contributed by atoms with Crippen LogP contribution in [0.5, 0.6) is 0 Å². The molecule has 4 heteroatoms. The lowest BCUT2D eigenvalue weighted by Crippen LogP contribution is -2.20. The minimum absolute atomic E-state index is 0.542. The van der Waals surface area contributed by atoms with Crippen LogP contribution in [0.2, 0.25) is 0 Å². The van der Waals surface area contributed by atoms with Gasteiger partial charge >= 0.3 is 0 Å². The van der Waals surface area contributed by atoms with Crippen LogP contribution in [0.3, 0.4) is 0 Å². The van der Waals surface area contributed by atoms with E-state index in [0.717, 1.165) is 24.3 Å². The number of pyridine rings is 1. The van der Waals surface area contributed by atoms with Gasteiger partial charge in [0.1, 0.15) is 5.82 Å². The summed E-state index contributed by atoms with van der Waals surface area (Å²) >= 11 is 0. The molecule has 2 aromatic heterocycles. The third-order valence-electron chi connectivity index (χ3n) is 3.95. The van der Waals surface area contributed by atoms with Crippen molar-refractivity contribution in [3.05, 3.63) is 35.9 Å². The number of fused-ring (bicyclic) bond motifs is 1. The molecule has 2 N–H and O–H groups in total. The number of hydrogen-bond donors (Lipinski definition) is 1. The summed E-state index contributed by atoms with van der Waals surface area (Å²) in [5, 5.41) is 0. The van der Waals surface area contributed by atoms with Crippen molar-refractivity contribution in [2.24, 2.45) is 5.73 Å². The van der Waals surface area contributed by atoms with Crippen LogP contribution in [0.4, 0.5) is 0 Å². The van der Waals surface area contributed by atoms with Crippen molar-refractivity contribution in [3.8, 4) is 0 Å². The van der Waals surface area contributed by atoms with Gasteiger partial charge in [0.15, 0.2) is 0 Å². The Balaban J connectivity index is 2.02. The summed E-state index contributed by atoms with van der Waals surface area (Å²) in [6.07, 6.45) is 3.16. The fourth-order valence-corrected chi connectivity index (χ4v) is 2.92. The van der Waals surface area contributed by atoms with E-state index >= 15 is 0 Å². The molecule has 3 rings (SSSR count). The number of rotatable bonds is 3. The molecule has 0 saturated carbocycles. The summed E-state index contributed by atoms with van der Waals surface area (Å²) in [5.74, 6) is 1.72. The van der Waals surface area contributed by atoms with Crippen LogP contribution in [-0.2, 0) is 6.54 Å². The quantitative estimate of drug-likeness (QED) is 0.892. The van der Waals surface area contributed by atoms with Crippen molar-refractivity contribution in [2.45, 2.75) is 25.8 Å². The Labute approximate surface area is 107 Å². The van der Waals surface area contributed by atoms with E-state index in [-0.39, 0.29) is 0 Å². The van der Waals surface area contributed by atoms with E-state index in [9.17, 15) is 0 Å². The summed E-state index contributed by atoms with van der Waals surface area (Å²) in [6, 6.07) is 6.24. The zero-order valence-electron chi connectivity index (χ0n) is 10.8. The summed E-state index contributed by atoms with van der Waals surface area (Å²) in [6.45, 7) is 6.21. The lowest BCUT2D eigenvalue weighted by molar-refractivity contribution is 0.352. The Morgan fingerprint density at radius 1 is 1.44 bits per heavy atom. The van der Waals surface area contributed by atoms with Gasteiger partial charge in [0.05, 0.1) is 11.7 Å². The Bertz CT molecular complexity index is 546. The third kappa shape index (κ3) is 1.82. The van der Waals surface area contributed by atoms with Crippen LogP contribution >= 0.6 is 0 Å². The molecule has 1 unspecified atom stereocenters. The highest BCUT2D eigenvalue weighted by Gasteiger charge is 2.26. The molecule has 1 fully saturated rings. The maximum atomic E-state index is 5.84. The first kappa shape index (κ1) is 11.7. The van der Waals surface area contributed by atoms with Crippen LogP contribution in [0.1, 0.15) is 30.8 Å². The first-order chi connectivity index (χ1) is 8.83. The van der Waals surface area contributed by atoms with Crippen molar-refractivity contribution in [2.75, 3.05) is 19.6 Å². The summed E-state index contributed by atoms with van der Waals surface area (Å²) in [5.41, 5.74) is 8.14. The standard InChI is InChI=1S/C14H20N4/c1-2-17-7-6-11(10-17)14-16-9-13-5-3-4-12(8-15)18(13)14/h3-5,9,11H,2,6-8,10,15H2,1H3. The minimum atomic E-state index is 0.542. The Kier molecular flexibility index (Phi) is 3.06. The van der Waals surface area contributed by atoms with Gasteiger partial charge in [0, 0.05) is 24.7 Å². The van der Waals surface area contributed by atoms with Crippen molar-refractivity contribution >= 4 is 5.52 Å². The van der Waals surface area contributed by atoms with Crippen molar-refractivity contribution in [1.29, 1.82) is 0 Å². The van der Waals surface area contributed by atoms with Crippen LogP contribution in [0.25, 0.3) is 5.52 Å². The molecule has 0 spiro atoms. The third-order valence-corrected chi connectivity index (χ3v) is 3.95. The molecule has 2 aromatic rings. The lowest BCUT2D eigenvalue weighted by atomic mass is 10.1. The largest absolute Gasteiger partial charge is 0.325 e. The molecule has 1 aliphatic rings. The second-order valence-corrected chi connectivity index (χ2v) is 4.98. The second-order valence-electron chi connectivity index (χ2n) is 4.98. The van der Waals surface area contributed by atoms with Gasteiger partial charge in [-0.1, -0.05) is 13.0 Å². The molecule has 0 aliphatic carbocycles. The van der Waals surface area contributed by atoms with Crippen LogP contribution in [0.15, 0.2) is 24.4 Å². The molecule has 1 aliphatic heterocycles. The van der Waals surface area contributed by atoms with Crippen LogP contribution < -0.4 is 5.73 Å². The predicted octanol–water partition coefficient (Wildman–Crippen LogP) is 1.60. The fraction of sp³-hybridized carbons (Fsp3) is 0.500. The minimum Gasteiger partial charge on any atom is -0.325 e. The summed E-state index contributed by atoms with van der Waals surface area (Å²) in [4.78, 5) is 7.12. The molecule has 4 nitrogen and oxygen atoms in total. The Hall–Kier alpha value is -1.39. The van der Waals surface area contributed by atoms with Gasteiger partial charge in [-0.2, -0.15) is 0 Å². The second kappa shape index (κ2) is 4.71. The molecule has 1 atom stereocenters. The van der Waals surface area contributed by atoms with Crippen molar-refractivity contribution < 1.29 is 0 Å². The molecule has 0 radical (unpaired) electrons. The SMILES string of the molecule is CCN1CCC(c2ncc3cccc(CN)n23)C1. The number of hydrogen-bond acceptors (Lipinski definition) is 3. The number of likely N-dealkylation sites (tertiary alicyclic amines) is 1. The molecule has 1 saturated heterocycles. The monoisotopic (exact) mass is 244 g/mol. The van der Waals surface area contributed by atoms with Crippen LogP contribution in [-0.4, -0.2) is 33.9 Å². The topological polar surface area (TPSA) is 46.6 Å². The Morgan fingerprint density at radius 2 is 2.33 bits per heavy atom. The first-order valence-corrected chi connectivity index (χ1v) is 6.71. The van der Waals surface area contributed by atoms with Gasteiger partial charge < -0.3 is 10.6 Å². The maximum absolute atomic E-state index is 5.84. The van der Waals surface area contributed by atoms with E-state index in [1.54, 1.807) is 0 Å². The zero-order valence-corrected chi connectivity index (χ0v) is 10.8. The summed E-state index contributed by atoms with van der Waals surface area (Å²) < 4.78 is 2.24. The molecular weight excluding hydrogens is 224 g/mol. The van der Waals surface area contributed by atoms with Crippen molar-refractivity contribution in [1.82, 2.24) is 14.3 Å². The van der Waals surface area contributed by atoms with Gasteiger partial charge in [-0.25, -0.2) is 4.98 Å². The molecule has 0 aromatic carbocycles. The number of nitrogens with zero attached hydrogens (tertiary/aromatic N) is 3. The number of nitrogens with two attached hydrogens (primary N) is 1. The normalized spacial score (nSPS) is 20.9. The van der Waals surface area contributed by atoms with E-state index in [4.69, 9.17) is 5.73 Å². The molecule has 0 bridgehead atoms. The van der Waals surface area contributed by atoms with Gasteiger partial charge in [0.2, 0.25) is 0 Å². The molecule has 3 heterocycles. The molecule has 0 amide bonds. The first-order valence-electron chi connectivity index (χ1n) is 6.71. The van der Waals surface area contributed by atoms with Crippen molar-refractivity contribution in [3.63, 3.8) is 0 Å². The highest BCUT2D eigenvalue weighted by Crippen LogP contribution is 2.27. The van der Waals surface area contributed by atoms with Gasteiger partial charge in [-0.05, 0) is 31.6 Å². The predicted molar refractivity (Wildman–Crippen MR) is 72.6 cm³/mol. The fourth-order valence-electron chi connectivity index (χ4n) is 2.92. The van der Waals surface area contributed by atoms with E-state index in [2.05, 4.69) is 39.4 Å². The van der Waals surface area contributed by atoms with E-state index in [1.165, 1.54) is 18.8 Å². The van der Waals surface area contributed by atoms with E-state index < -0.39 is 0 Å². The maximum Gasteiger partial charge on any atom is 0.117 e.